The predicted molar refractivity (Wildman–Crippen MR) is 59.9 cm³/mol. The molecule has 0 atom stereocenters. The number of nitrogens with zero attached hydrogens (tertiary/aromatic N) is 4. The van der Waals surface area contributed by atoms with Gasteiger partial charge in [0.2, 0.25) is 0 Å². The zero-order valence-corrected chi connectivity index (χ0v) is 9.97. The number of benzene rings is 1. The molecule has 6 heteroatoms. The Kier molecular flexibility index (Phi) is 2.88. The maximum absolute atomic E-state index is 8.90. The van der Waals surface area contributed by atoms with E-state index in [0.29, 0.717) is 11.3 Å². The van der Waals surface area contributed by atoms with Crippen molar-refractivity contribution in [3.63, 3.8) is 0 Å². The first-order chi connectivity index (χ1) is 7.69. The Morgan fingerprint density at radius 3 is 2.94 bits per heavy atom. The molecular weight excluding hydrogens is 272 g/mol. The molecule has 0 aliphatic rings. The van der Waals surface area contributed by atoms with E-state index in [9.17, 15) is 0 Å². The third kappa shape index (κ3) is 2.20. The Labute approximate surface area is 100 Å². The molecule has 0 N–H and O–H groups in total. The molecule has 0 saturated carbocycles. The monoisotopic (exact) mass is 278 g/mol. The highest BCUT2D eigenvalue weighted by atomic mass is 79.9. The summed E-state index contributed by atoms with van der Waals surface area (Å²) >= 11 is 3.31. The van der Waals surface area contributed by atoms with E-state index in [1.165, 1.54) is 11.0 Å². The third-order valence-electron chi connectivity index (χ3n) is 1.84. The highest BCUT2D eigenvalue weighted by Crippen LogP contribution is 2.26. The summed E-state index contributed by atoms with van der Waals surface area (Å²) in [6.45, 7) is 0. The van der Waals surface area contributed by atoms with E-state index in [1.54, 1.807) is 25.2 Å². The number of hydrogen-bond donors (Lipinski definition) is 0. The first kappa shape index (κ1) is 10.6. The van der Waals surface area contributed by atoms with Crippen LogP contribution in [0.4, 0.5) is 0 Å². The molecule has 0 unspecified atom stereocenters. The Hall–Kier alpha value is -1.87. The van der Waals surface area contributed by atoms with Gasteiger partial charge >= 0.3 is 6.01 Å². The van der Waals surface area contributed by atoms with Gasteiger partial charge in [-0.05, 0) is 18.2 Å². The zero-order valence-electron chi connectivity index (χ0n) is 8.38. The summed E-state index contributed by atoms with van der Waals surface area (Å²) in [5, 5.41) is 12.9. The van der Waals surface area contributed by atoms with Gasteiger partial charge in [0.1, 0.15) is 18.1 Å². The van der Waals surface area contributed by atoms with Gasteiger partial charge in [0, 0.05) is 11.5 Å². The van der Waals surface area contributed by atoms with E-state index in [2.05, 4.69) is 26.0 Å². The lowest BCUT2D eigenvalue weighted by Crippen LogP contribution is -1.92. The Morgan fingerprint density at radius 2 is 2.31 bits per heavy atom. The van der Waals surface area contributed by atoms with Crippen LogP contribution >= 0.6 is 15.9 Å². The van der Waals surface area contributed by atoms with Crippen LogP contribution in [0.5, 0.6) is 11.8 Å². The van der Waals surface area contributed by atoms with Gasteiger partial charge in [0.25, 0.3) is 0 Å². The largest absolute Gasteiger partial charge is 0.422 e. The lowest BCUT2D eigenvalue weighted by atomic mass is 10.2. The van der Waals surface area contributed by atoms with Crippen LogP contribution in [-0.2, 0) is 7.05 Å². The van der Waals surface area contributed by atoms with Gasteiger partial charge in [0.15, 0.2) is 0 Å². The summed E-state index contributed by atoms with van der Waals surface area (Å²) in [7, 11) is 1.74. The summed E-state index contributed by atoms with van der Waals surface area (Å²) in [4.78, 5) is 3.92. The zero-order chi connectivity index (χ0) is 11.5. The molecule has 0 amide bonds. The number of ether oxygens (including phenoxy) is 1. The molecule has 2 rings (SSSR count). The van der Waals surface area contributed by atoms with Crippen LogP contribution in [-0.4, -0.2) is 14.8 Å². The van der Waals surface area contributed by atoms with Gasteiger partial charge in [-0.3, -0.25) is 4.68 Å². The lowest BCUT2D eigenvalue weighted by Gasteiger charge is -2.03. The van der Waals surface area contributed by atoms with E-state index in [0.717, 1.165) is 4.47 Å². The van der Waals surface area contributed by atoms with Crippen LogP contribution in [0.3, 0.4) is 0 Å². The summed E-state index contributed by atoms with van der Waals surface area (Å²) in [5.41, 5.74) is 0.440. The van der Waals surface area contributed by atoms with Crippen molar-refractivity contribution >= 4 is 15.9 Å². The van der Waals surface area contributed by atoms with Crippen molar-refractivity contribution in [2.24, 2.45) is 7.05 Å². The van der Waals surface area contributed by atoms with E-state index in [4.69, 9.17) is 10.00 Å². The Balaban J connectivity index is 2.34. The van der Waals surface area contributed by atoms with Gasteiger partial charge in [0.05, 0.1) is 5.56 Å². The van der Waals surface area contributed by atoms with Crippen LogP contribution in [0.2, 0.25) is 0 Å². The summed E-state index contributed by atoms with van der Waals surface area (Å²) in [5.74, 6) is 0.433. The van der Waals surface area contributed by atoms with Crippen LogP contribution in [0.25, 0.3) is 0 Å². The molecule has 1 aromatic carbocycles. The molecule has 1 aromatic heterocycles. The minimum absolute atomic E-state index is 0.220. The number of aromatic nitrogens is 3. The molecule has 0 spiro atoms. The van der Waals surface area contributed by atoms with E-state index in [-0.39, 0.29) is 6.01 Å². The predicted octanol–water partition coefficient (Wildman–Crippen LogP) is 2.24. The molecule has 0 bridgehead atoms. The number of hydrogen-bond acceptors (Lipinski definition) is 4. The molecule has 0 aliphatic heterocycles. The minimum Gasteiger partial charge on any atom is -0.422 e. The second kappa shape index (κ2) is 4.33. The van der Waals surface area contributed by atoms with Crippen molar-refractivity contribution in [1.29, 1.82) is 5.26 Å². The smallest absolute Gasteiger partial charge is 0.341 e. The van der Waals surface area contributed by atoms with Crippen molar-refractivity contribution in [2.75, 3.05) is 0 Å². The van der Waals surface area contributed by atoms with Crippen LogP contribution in [0.15, 0.2) is 29.0 Å². The Bertz CT molecular complexity index is 558. The average Bonchev–Trinajstić information content (AvgIpc) is 2.64. The number of nitriles is 1. The fourth-order valence-electron chi connectivity index (χ4n) is 1.14. The first-order valence-electron chi connectivity index (χ1n) is 4.42. The fraction of sp³-hybridized carbons (Fsp3) is 0.100. The normalized spacial score (nSPS) is 9.81. The second-order valence-corrected chi connectivity index (χ2v) is 3.97. The van der Waals surface area contributed by atoms with Gasteiger partial charge in [-0.1, -0.05) is 15.9 Å². The van der Waals surface area contributed by atoms with Crippen LogP contribution < -0.4 is 4.74 Å². The highest BCUT2D eigenvalue weighted by molar-refractivity contribution is 9.10. The van der Waals surface area contributed by atoms with Gasteiger partial charge < -0.3 is 4.74 Å². The van der Waals surface area contributed by atoms with Gasteiger partial charge in [-0.25, -0.2) is 0 Å². The standard InChI is InChI=1S/C10H7BrN4O/c1-15-6-13-10(14-15)16-9-4-8(11)3-2-7(9)5-12/h2-4,6H,1H3. The van der Waals surface area contributed by atoms with Crippen molar-refractivity contribution in [3.05, 3.63) is 34.6 Å². The summed E-state index contributed by atoms with van der Waals surface area (Å²) in [6, 6.07) is 7.41. The fourth-order valence-corrected chi connectivity index (χ4v) is 1.48. The lowest BCUT2D eigenvalue weighted by molar-refractivity contribution is 0.437. The topological polar surface area (TPSA) is 63.7 Å². The quantitative estimate of drug-likeness (QED) is 0.845. The molecule has 5 nitrogen and oxygen atoms in total. The summed E-state index contributed by atoms with van der Waals surface area (Å²) < 4.78 is 7.76. The molecule has 0 fully saturated rings. The van der Waals surface area contributed by atoms with Crippen LogP contribution in [0, 0.1) is 11.3 Å². The SMILES string of the molecule is Cn1cnc(Oc2cc(Br)ccc2C#N)n1. The van der Waals surface area contributed by atoms with E-state index >= 15 is 0 Å². The van der Waals surface area contributed by atoms with Crippen molar-refractivity contribution in [1.82, 2.24) is 14.8 Å². The van der Waals surface area contributed by atoms with E-state index < -0.39 is 0 Å². The number of rotatable bonds is 2. The first-order valence-corrected chi connectivity index (χ1v) is 5.21. The van der Waals surface area contributed by atoms with Crippen molar-refractivity contribution in [2.45, 2.75) is 0 Å². The average molecular weight is 279 g/mol. The maximum Gasteiger partial charge on any atom is 0.341 e. The molecule has 1 heterocycles. The Morgan fingerprint density at radius 1 is 1.50 bits per heavy atom. The molecule has 0 aliphatic carbocycles. The molecule has 0 saturated heterocycles. The second-order valence-electron chi connectivity index (χ2n) is 3.06. The number of aryl methyl sites for hydroxylation is 1. The summed E-state index contributed by atoms with van der Waals surface area (Å²) in [6.07, 6.45) is 1.53. The molecular formula is C10H7BrN4O. The molecule has 0 radical (unpaired) electrons. The van der Waals surface area contributed by atoms with Crippen LogP contribution in [0.1, 0.15) is 5.56 Å². The molecule has 16 heavy (non-hydrogen) atoms. The van der Waals surface area contributed by atoms with Crippen molar-refractivity contribution < 1.29 is 4.74 Å². The third-order valence-corrected chi connectivity index (χ3v) is 2.34. The maximum atomic E-state index is 8.90. The molecule has 80 valence electrons. The minimum atomic E-state index is 0.220. The highest BCUT2D eigenvalue weighted by Gasteiger charge is 2.07. The number of halogens is 1. The van der Waals surface area contributed by atoms with E-state index in [1.807, 2.05) is 6.07 Å². The van der Waals surface area contributed by atoms with Gasteiger partial charge in [-0.2, -0.15) is 10.2 Å². The van der Waals surface area contributed by atoms with Crippen molar-refractivity contribution in [3.8, 4) is 17.8 Å². The molecule has 2 aromatic rings. The van der Waals surface area contributed by atoms with Gasteiger partial charge in [-0.15, -0.1) is 5.10 Å².